The Morgan fingerprint density at radius 2 is 2.00 bits per heavy atom. The minimum atomic E-state index is -0.322. The third-order valence-electron chi connectivity index (χ3n) is 3.29. The van der Waals surface area contributed by atoms with Gasteiger partial charge < -0.3 is 10.3 Å². The van der Waals surface area contributed by atoms with E-state index in [-0.39, 0.29) is 11.7 Å². The molecule has 0 fully saturated rings. The molecule has 2 aromatic carbocycles. The summed E-state index contributed by atoms with van der Waals surface area (Å²) in [4.78, 5) is 0. The summed E-state index contributed by atoms with van der Waals surface area (Å²) in [6.07, 6.45) is 0. The molecule has 0 spiro atoms. The SMILES string of the molecule is Cc1ccc(F)cc1-c1noc(N)c1-c1cccc(Br)c1. The van der Waals surface area contributed by atoms with Gasteiger partial charge in [-0.1, -0.05) is 39.3 Å². The lowest BCUT2D eigenvalue weighted by Gasteiger charge is -2.06. The Labute approximate surface area is 129 Å². The zero-order chi connectivity index (χ0) is 15.0. The van der Waals surface area contributed by atoms with Crippen LogP contribution < -0.4 is 5.73 Å². The topological polar surface area (TPSA) is 52.0 Å². The molecular weight excluding hydrogens is 335 g/mol. The highest BCUT2D eigenvalue weighted by Crippen LogP contribution is 2.38. The molecule has 0 radical (unpaired) electrons. The van der Waals surface area contributed by atoms with Crippen LogP contribution in [0.4, 0.5) is 10.3 Å². The third kappa shape index (κ3) is 2.56. The molecule has 0 atom stereocenters. The average molecular weight is 347 g/mol. The van der Waals surface area contributed by atoms with E-state index in [4.69, 9.17) is 10.3 Å². The Bertz CT molecular complexity index is 814. The number of hydrogen-bond donors (Lipinski definition) is 1. The first-order chi connectivity index (χ1) is 10.1. The van der Waals surface area contributed by atoms with E-state index in [2.05, 4.69) is 21.1 Å². The van der Waals surface area contributed by atoms with Crippen molar-refractivity contribution in [3.05, 3.63) is 58.3 Å². The van der Waals surface area contributed by atoms with Gasteiger partial charge in [-0.3, -0.25) is 0 Å². The highest BCUT2D eigenvalue weighted by Gasteiger charge is 2.19. The minimum absolute atomic E-state index is 0.215. The summed E-state index contributed by atoms with van der Waals surface area (Å²) in [7, 11) is 0. The molecule has 106 valence electrons. The Hall–Kier alpha value is -2.14. The summed E-state index contributed by atoms with van der Waals surface area (Å²) < 4.78 is 19.6. The number of hydrogen-bond acceptors (Lipinski definition) is 3. The number of anilines is 1. The molecule has 3 aromatic rings. The standard InChI is InChI=1S/C16H12BrFN2O/c1-9-5-6-12(18)8-13(9)15-14(16(19)21-20-15)10-3-2-4-11(17)7-10/h2-8H,19H2,1H3. The molecule has 0 aliphatic carbocycles. The number of aromatic nitrogens is 1. The maximum Gasteiger partial charge on any atom is 0.230 e. The first-order valence-electron chi connectivity index (χ1n) is 6.34. The number of nitrogens with two attached hydrogens (primary N) is 1. The molecule has 3 rings (SSSR count). The summed E-state index contributed by atoms with van der Waals surface area (Å²) in [6.45, 7) is 1.89. The molecule has 2 N–H and O–H groups in total. The molecule has 21 heavy (non-hydrogen) atoms. The van der Waals surface area contributed by atoms with Gasteiger partial charge in [-0.2, -0.15) is 0 Å². The summed E-state index contributed by atoms with van der Waals surface area (Å²) in [5.74, 6) is -0.107. The van der Waals surface area contributed by atoms with Crippen molar-refractivity contribution in [2.24, 2.45) is 0 Å². The number of nitrogen functional groups attached to an aromatic ring is 1. The normalized spacial score (nSPS) is 10.8. The van der Waals surface area contributed by atoms with E-state index < -0.39 is 0 Å². The van der Waals surface area contributed by atoms with Gasteiger partial charge in [0.1, 0.15) is 11.5 Å². The third-order valence-corrected chi connectivity index (χ3v) is 3.78. The lowest BCUT2D eigenvalue weighted by molar-refractivity contribution is 0.439. The number of halogens is 2. The van der Waals surface area contributed by atoms with Crippen molar-refractivity contribution in [2.45, 2.75) is 6.92 Å². The van der Waals surface area contributed by atoms with Crippen molar-refractivity contribution in [2.75, 3.05) is 5.73 Å². The first kappa shape index (κ1) is 13.8. The molecule has 0 saturated heterocycles. The van der Waals surface area contributed by atoms with Crippen molar-refractivity contribution < 1.29 is 8.91 Å². The van der Waals surface area contributed by atoms with Crippen molar-refractivity contribution in [1.29, 1.82) is 0 Å². The molecule has 0 amide bonds. The van der Waals surface area contributed by atoms with Crippen LogP contribution >= 0.6 is 15.9 Å². The average Bonchev–Trinajstić information content (AvgIpc) is 2.83. The zero-order valence-corrected chi connectivity index (χ0v) is 12.8. The van der Waals surface area contributed by atoms with Gasteiger partial charge >= 0.3 is 0 Å². The number of nitrogens with zero attached hydrogens (tertiary/aromatic N) is 1. The first-order valence-corrected chi connectivity index (χ1v) is 7.13. The second-order valence-corrected chi connectivity index (χ2v) is 5.66. The van der Waals surface area contributed by atoms with Crippen LogP contribution in [0.3, 0.4) is 0 Å². The fourth-order valence-electron chi connectivity index (χ4n) is 2.26. The van der Waals surface area contributed by atoms with Crippen LogP contribution in [0.5, 0.6) is 0 Å². The molecule has 0 aliphatic rings. The summed E-state index contributed by atoms with van der Waals surface area (Å²) in [5.41, 5.74) is 9.56. The predicted octanol–water partition coefficient (Wildman–Crippen LogP) is 4.80. The van der Waals surface area contributed by atoms with Crippen LogP contribution in [0.2, 0.25) is 0 Å². The van der Waals surface area contributed by atoms with Gasteiger partial charge in [0.15, 0.2) is 0 Å². The molecule has 3 nitrogen and oxygen atoms in total. The van der Waals surface area contributed by atoms with Crippen LogP contribution in [0.15, 0.2) is 51.5 Å². The molecule has 0 saturated carbocycles. The Morgan fingerprint density at radius 3 is 2.76 bits per heavy atom. The van der Waals surface area contributed by atoms with Gasteiger partial charge in [-0.15, -0.1) is 0 Å². The van der Waals surface area contributed by atoms with Crippen molar-refractivity contribution >= 4 is 21.8 Å². The molecular formula is C16H12BrFN2O. The highest BCUT2D eigenvalue weighted by atomic mass is 79.9. The van der Waals surface area contributed by atoms with E-state index in [9.17, 15) is 4.39 Å². The Kier molecular flexibility index (Phi) is 3.51. The molecule has 5 heteroatoms. The maximum absolute atomic E-state index is 13.5. The maximum atomic E-state index is 13.5. The van der Waals surface area contributed by atoms with Gasteiger partial charge in [-0.25, -0.2) is 4.39 Å². The van der Waals surface area contributed by atoms with E-state index in [0.717, 1.165) is 15.6 Å². The van der Waals surface area contributed by atoms with E-state index in [1.807, 2.05) is 31.2 Å². The largest absolute Gasteiger partial charge is 0.367 e. The summed E-state index contributed by atoms with van der Waals surface area (Å²) in [5, 5.41) is 4.01. The van der Waals surface area contributed by atoms with Crippen LogP contribution in [-0.2, 0) is 0 Å². The van der Waals surface area contributed by atoms with Gasteiger partial charge in [0.25, 0.3) is 0 Å². The second-order valence-electron chi connectivity index (χ2n) is 4.74. The molecule has 1 aromatic heterocycles. The second kappa shape index (κ2) is 5.33. The molecule has 0 unspecified atom stereocenters. The van der Waals surface area contributed by atoms with E-state index in [1.54, 1.807) is 6.07 Å². The van der Waals surface area contributed by atoms with Crippen LogP contribution in [-0.4, -0.2) is 5.16 Å². The summed E-state index contributed by atoms with van der Waals surface area (Å²) in [6, 6.07) is 12.2. The Balaban J connectivity index is 2.24. The van der Waals surface area contributed by atoms with Crippen LogP contribution in [0.25, 0.3) is 22.4 Å². The number of aryl methyl sites for hydroxylation is 1. The molecule has 0 aliphatic heterocycles. The van der Waals surface area contributed by atoms with E-state index >= 15 is 0 Å². The van der Waals surface area contributed by atoms with Gasteiger partial charge in [0.2, 0.25) is 5.88 Å². The van der Waals surface area contributed by atoms with Gasteiger partial charge in [0, 0.05) is 10.0 Å². The fraction of sp³-hybridized carbons (Fsp3) is 0.0625. The lowest BCUT2D eigenvalue weighted by atomic mass is 9.98. The lowest BCUT2D eigenvalue weighted by Crippen LogP contribution is -1.90. The van der Waals surface area contributed by atoms with Crippen LogP contribution in [0, 0.1) is 12.7 Å². The summed E-state index contributed by atoms with van der Waals surface area (Å²) >= 11 is 3.43. The smallest absolute Gasteiger partial charge is 0.230 e. The predicted molar refractivity (Wildman–Crippen MR) is 84.2 cm³/mol. The minimum Gasteiger partial charge on any atom is -0.367 e. The van der Waals surface area contributed by atoms with Gasteiger partial charge in [-0.05, 0) is 42.3 Å². The Morgan fingerprint density at radius 1 is 1.19 bits per heavy atom. The van der Waals surface area contributed by atoms with E-state index in [0.29, 0.717) is 16.8 Å². The van der Waals surface area contributed by atoms with Crippen molar-refractivity contribution in [3.8, 4) is 22.4 Å². The van der Waals surface area contributed by atoms with E-state index in [1.165, 1.54) is 12.1 Å². The number of benzene rings is 2. The number of rotatable bonds is 2. The molecule has 1 heterocycles. The van der Waals surface area contributed by atoms with Crippen LogP contribution in [0.1, 0.15) is 5.56 Å². The highest BCUT2D eigenvalue weighted by molar-refractivity contribution is 9.10. The monoisotopic (exact) mass is 346 g/mol. The quantitative estimate of drug-likeness (QED) is 0.724. The van der Waals surface area contributed by atoms with Crippen molar-refractivity contribution in [3.63, 3.8) is 0 Å². The van der Waals surface area contributed by atoms with Gasteiger partial charge in [0.05, 0.1) is 5.56 Å². The fourth-order valence-corrected chi connectivity index (χ4v) is 2.66. The zero-order valence-electron chi connectivity index (χ0n) is 11.2. The molecule has 0 bridgehead atoms. The van der Waals surface area contributed by atoms with Crippen molar-refractivity contribution in [1.82, 2.24) is 5.16 Å².